The SMILES string of the molecule is OCc1cc(N2CCCC2CO)ncc1Cl. The number of hydrogen-bond donors (Lipinski definition) is 2. The van der Waals surface area contributed by atoms with Gasteiger partial charge in [-0.2, -0.15) is 0 Å². The average molecular weight is 243 g/mol. The number of nitrogens with zero attached hydrogens (tertiary/aromatic N) is 2. The lowest BCUT2D eigenvalue weighted by Crippen LogP contribution is -2.32. The second kappa shape index (κ2) is 4.99. The number of aromatic nitrogens is 1. The molecule has 1 aromatic heterocycles. The van der Waals surface area contributed by atoms with Crippen molar-refractivity contribution in [1.29, 1.82) is 0 Å². The molecule has 1 aliphatic heterocycles. The molecule has 1 aliphatic rings. The van der Waals surface area contributed by atoms with Crippen LogP contribution in [-0.2, 0) is 6.61 Å². The Hall–Kier alpha value is -0.840. The second-order valence-electron chi connectivity index (χ2n) is 3.96. The number of rotatable bonds is 3. The molecule has 1 atom stereocenters. The van der Waals surface area contributed by atoms with Crippen LogP contribution < -0.4 is 4.90 Å². The summed E-state index contributed by atoms with van der Waals surface area (Å²) in [5, 5.41) is 18.8. The third kappa shape index (κ3) is 2.14. The smallest absolute Gasteiger partial charge is 0.129 e. The number of anilines is 1. The lowest BCUT2D eigenvalue weighted by molar-refractivity contribution is 0.266. The summed E-state index contributed by atoms with van der Waals surface area (Å²) < 4.78 is 0. The van der Waals surface area contributed by atoms with E-state index in [1.54, 1.807) is 12.3 Å². The van der Waals surface area contributed by atoms with Crippen molar-refractivity contribution in [2.45, 2.75) is 25.5 Å². The highest BCUT2D eigenvalue weighted by Crippen LogP contribution is 2.26. The van der Waals surface area contributed by atoms with E-state index in [2.05, 4.69) is 9.88 Å². The Morgan fingerprint density at radius 3 is 3.00 bits per heavy atom. The molecule has 1 aromatic rings. The van der Waals surface area contributed by atoms with Crippen LogP contribution in [0.4, 0.5) is 5.82 Å². The van der Waals surface area contributed by atoms with Gasteiger partial charge in [0.05, 0.1) is 24.3 Å². The van der Waals surface area contributed by atoms with Crippen molar-refractivity contribution in [2.24, 2.45) is 0 Å². The van der Waals surface area contributed by atoms with Gasteiger partial charge < -0.3 is 15.1 Å². The first kappa shape index (κ1) is 11.6. The van der Waals surface area contributed by atoms with E-state index < -0.39 is 0 Å². The van der Waals surface area contributed by atoms with Crippen LogP contribution in [0.5, 0.6) is 0 Å². The van der Waals surface area contributed by atoms with Gasteiger partial charge in [0.1, 0.15) is 5.82 Å². The normalized spacial score (nSPS) is 20.4. The third-order valence-corrected chi connectivity index (χ3v) is 3.31. The highest BCUT2D eigenvalue weighted by Gasteiger charge is 2.25. The summed E-state index contributed by atoms with van der Waals surface area (Å²) in [5.74, 6) is 0.782. The van der Waals surface area contributed by atoms with E-state index in [1.165, 1.54) is 0 Å². The van der Waals surface area contributed by atoms with Gasteiger partial charge in [-0.15, -0.1) is 0 Å². The van der Waals surface area contributed by atoms with Crippen LogP contribution in [0.25, 0.3) is 0 Å². The maximum atomic E-state index is 9.23. The number of aliphatic hydroxyl groups excluding tert-OH is 2. The third-order valence-electron chi connectivity index (χ3n) is 2.97. The van der Waals surface area contributed by atoms with Crippen LogP contribution in [0.3, 0.4) is 0 Å². The van der Waals surface area contributed by atoms with Crippen molar-refractivity contribution in [3.8, 4) is 0 Å². The second-order valence-corrected chi connectivity index (χ2v) is 4.37. The first-order chi connectivity index (χ1) is 7.76. The number of halogens is 1. The predicted molar refractivity (Wildman–Crippen MR) is 62.6 cm³/mol. The molecule has 1 unspecified atom stereocenters. The lowest BCUT2D eigenvalue weighted by Gasteiger charge is -2.24. The highest BCUT2D eigenvalue weighted by molar-refractivity contribution is 6.31. The van der Waals surface area contributed by atoms with Gasteiger partial charge >= 0.3 is 0 Å². The molecule has 0 bridgehead atoms. The van der Waals surface area contributed by atoms with E-state index in [9.17, 15) is 5.11 Å². The Morgan fingerprint density at radius 1 is 1.50 bits per heavy atom. The topological polar surface area (TPSA) is 56.6 Å². The van der Waals surface area contributed by atoms with E-state index >= 15 is 0 Å². The molecule has 16 heavy (non-hydrogen) atoms. The van der Waals surface area contributed by atoms with E-state index in [1.807, 2.05) is 0 Å². The van der Waals surface area contributed by atoms with Crippen LogP contribution >= 0.6 is 11.6 Å². The van der Waals surface area contributed by atoms with E-state index in [0.717, 1.165) is 25.2 Å². The van der Waals surface area contributed by atoms with Crippen LogP contribution in [-0.4, -0.2) is 34.4 Å². The molecule has 88 valence electrons. The van der Waals surface area contributed by atoms with E-state index in [4.69, 9.17) is 16.7 Å². The largest absolute Gasteiger partial charge is 0.394 e. The van der Waals surface area contributed by atoms with Crippen LogP contribution in [0.15, 0.2) is 12.3 Å². The molecule has 5 heteroatoms. The molecule has 0 aliphatic carbocycles. The zero-order valence-corrected chi connectivity index (χ0v) is 9.69. The summed E-state index contributed by atoms with van der Waals surface area (Å²) in [7, 11) is 0. The van der Waals surface area contributed by atoms with Crippen LogP contribution in [0.2, 0.25) is 5.02 Å². The zero-order valence-electron chi connectivity index (χ0n) is 8.93. The standard InChI is InChI=1S/C11H15ClN2O2/c12-10-5-13-11(4-8(10)6-15)14-3-1-2-9(14)7-16/h4-5,9,15-16H,1-3,6-7H2. The average Bonchev–Trinajstić information content (AvgIpc) is 2.78. The molecule has 0 aromatic carbocycles. The van der Waals surface area contributed by atoms with Gasteiger partial charge in [0.2, 0.25) is 0 Å². The molecule has 2 rings (SSSR count). The molecule has 0 saturated carbocycles. The summed E-state index contributed by atoms with van der Waals surface area (Å²) in [6.07, 6.45) is 3.59. The Balaban J connectivity index is 2.26. The van der Waals surface area contributed by atoms with Gasteiger partial charge in [-0.25, -0.2) is 4.98 Å². The van der Waals surface area contributed by atoms with Crippen molar-refractivity contribution < 1.29 is 10.2 Å². The Bertz CT molecular complexity index is 373. The van der Waals surface area contributed by atoms with Gasteiger partial charge in [-0.1, -0.05) is 11.6 Å². The van der Waals surface area contributed by atoms with Crippen molar-refractivity contribution in [3.05, 3.63) is 22.8 Å². The lowest BCUT2D eigenvalue weighted by atomic mass is 10.2. The summed E-state index contributed by atoms with van der Waals surface area (Å²) in [5.41, 5.74) is 0.676. The molecular weight excluding hydrogens is 228 g/mol. The van der Waals surface area contributed by atoms with Crippen LogP contribution in [0.1, 0.15) is 18.4 Å². The van der Waals surface area contributed by atoms with Gasteiger partial charge in [-0.05, 0) is 18.9 Å². The molecule has 0 radical (unpaired) electrons. The fourth-order valence-electron chi connectivity index (χ4n) is 2.07. The molecule has 0 spiro atoms. The van der Waals surface area contributed by atoms with Gasteiger partial charge in [-0.3, -0.25) is 0 Å². The van der Waals surface area contributed by atoms with E-state index in [-0.39, 0.29) is 19.3 Å². The highest BCUT2D eigenvalue weighted by atomic mass is 35.5. The maximum absolute atomic E-state index is 9.23. The Morgan fingerprint density at radius 2 is 2.31 bits per heavy atom. The fourth-order valence-corrected chi connectivity index (χ4v) is 2.24. The number of hydrogen-bond acceptors (Lipinski definition) is 4. The van der Waals surface area contributed by atoms with Crippen LogP contribution in [0, 0.1) is 0 Å². The monoisotopic (exact) mass is 242 g/mol. The fraction of sp³-hybridized carbons (Fsp3) is 0.545. The van der Waals surface area contributed by atoms with Gasteiger partial charge in [0.15, 0.2) is 0 Å². The van der Waals surface area contributed by atoms with Crippen molar-refractivity contribution >= 4 is 17.4 Å². The minimum absolute atomic E-state index is 0.0913. The molecule has 2 heterocycles. The summed E-state index contributed by atoms with van der Waals surface area (Å²) in [6, 6.07) is 1.93. The van der Waals surface area contributed by atoms with Gasteiger partial charge in [0.25, 0.3) is 0 Å². The first-order valence-corrected chi connectivity index (χ1v) is 5.77. The van der Waals surface area contributed by atoms with Crippen molar-refractivity contribution in [2.75, 3.05) is 18.1 Å². The molecule has 1 fully saturated rings. The minimum atomic E-state index is -0.0913. The van der Waals surface area contributed by atoms with Crippen molar-refractivity contribution in [3.63, 3.8) is 0 Å². The summed E-state index contributed by atoms with van der Waals surface area (Å²) >= 11 is 5.88. The quantitative estimate of drug-likeness (QED) is 0.836. The molecule has 4 nitrogen and oxygen atoms in total. The minimum Gasteiger partial charge on any atom is -0.394 e. The summed E-state index contributed by atoms with van der Waals surface area (Å²) in [6.45, 7) is 0.940. The predicted octanol–water partition coefficient (Wildman–Crippen LogP) is 1.19. The molecule has 0 amide bonds. The Kier molecular flexibility index (Phi) is 3.63. The Labute approximate surface area is 99.5 Å². The maximum Gasteiger partial charge on any atom is 0.129 e. The van der Waals surface area contributed by atoms with Crippen molar-refractivity contribution in [1.82, 2.24) is 4.98 Å². The van der Waals surface area contributed by atoms with E-state index in [0.29, 0.717) is 10.6 Å². The molecule has 2 N–H and O–H groups in total. The first-order valence-electron chi connectivity index (χ1n) is 5.39. The molecule has 1 saturated heterocycles. The number of pyridine rings is 1. The zero-order chi connectivity index (χ0) is 11.5. The van der Waals surface area contributed by atoms with Gasteiger partial charge in [0, 0.05) is 18.3 Å². The summed E-state index contributed by atoms with van der Waals surface area (Å²) in [4.78, 5) is 6.30. The molecular formula is C11H15ClN2O2. The number of aliphatic hydroxyl groups is 2.